The van der Waals surface area contributed by atoms with E-state index in [9.17, 15) is 24.0 Å². The number of benzene rings is 1. The number of unbranched alkanes of at least 4 members (excludes halogenated alkanes) is 12. The largest absolute Gasteiger partial charge is 0.447 e. The summed E-state index contributed by atoms with van der Waals surface area (Å²) in [5.74, 6) is -1.95. The Labute approximate surface area is 330 Å². The molecule has 0 aliphatic carbocycles. The normalized spacial score (nSPS) is 15.2. The van der Waals surface area contributed by atoms with Gasteiger partial charge in [-0.05, 0) is 18.4 Å². The summed E-state index contributed by atoms with van der Waals surface area (Å²) in [5.41, 5.74) is 2.79. The minimum atomic E-state index is -2.10. The van der Waals surface area contributed by atoms with Gasteiger partial charge in [0.1, 0.15) is 19.8 Å². The Morgan fingerprint density at radius 3 is 1.86 bits per heavy atom. The molecule has 2 atom stereocenters. The maximum absolute atomic E-state index is 14.2. The number of nitrogens with zero attached hydrogens (tertiary/aromatic N) is 2. The molecule has 0 radical (unpaired) electrons. The van der Waals surface area contributed by atoms with Crippen LogP contribution >= 0.6 is 69.6 Å². The Kier molecular flexibility index (Phi) is 21.0. The molecular weight excluding hydrogens is 791 g/mol. The summed E-state index contributed by atoms with van der Waals surface area (Å²) >= 11 is 34.3. The molecule has 1 aliphatic rings. The molecule has 0 spiro atoms. The van der Waals surface area contributed by atoms with Crippen LogP contribution in [-0.2, 0) is 30.2 Å². The predicted molar refractivity (Wildman–Crippen MR) is 199 cm³/mol. The monoisotopic (exact) mass is 835 g/mol. The number of cyclic esters (lactones) is 1. The lowest BCUT2D eigenvalue weighted by molar-refractivity contribution is -0.142. The van der Waals surface area contributed by atoms with Crippen LogP contribution in [0, 0.1) is 0 Å². The molecule has 1 heterocycles. The van der Waals surface area contributed by atoms with Gasteiger partial charge in [-0.1, -0.05) is 184 Å². The molecule has 0 aromatic heterocycles. The van der Waals surface area contributed by atoms with Crippen molar-refractivity contribution in [3.63, 3.8) is 0 Å². The number of imide groups is 1. The number of alkyl halides is 6. The van der Waals surface area contributed by atoms with Crippen molar-refractivity contribution in [2.75, 3.05) is 19.8 Å². The summed E-state index contributed by atoms with van der Waals surface area (Å²) in [5, 5.41) is 0.287. The van der Waals surface area contributed by atoms with Crippen LogP contribution in [0.15, 0.2) is 30.3 Å². The third-order valence-corrected chi connectivity index (χ3v) is 8.63. The molecule has 288 valence electrons. The van der Waals surface area contributed by atoms with Gasteiger partial charge in [0.05, 0.1) is 6.04 Å². The zero-order chi connectivity index (χ0) is 37.9. The van der Waals surface area contributed by atoms with Crippen LogP contribution in [0.4, 0.5) is 14.4 Å². The first-order valence-electron chi connectivity index (χ1n) is 17.2. The quantitative estimate of drug-likeness (QED) is 0.0426. The Hall–Kier alpha value is -1.89. The number of hydrazine groups is 1. The summed E-state index contributed by atoms with van der Waals surface area (Å²) < 4.78 is 11.0. The molecule has 1 fully saturated rings. The van der Waals surface area contributed by atoms with E-state index in [2.05, 4.69) is 6.92 Å². The number of ether oxygens (including phenoxy) is 3. The van der Waals surface area contributed by atoms with Gasteiger partial charge in [0.15, 0.2) is 11.8 Å². The van der Waals surface area contributed by atoms with Crippen LogP contribution in [-0.4, -0.2) is 79.4 Å². The lowest BCUT2D eigenvalue weighted by Gasteiger charge is -2.32. The number of halogens is 6. The smallest absolute Gasteiger partial charge is 0.430 e. The van der Waals surface area contributed by atoms with Crippen molar-refractivity contribution in [1.82, 2.24) is 15.3 Å². The third kappa shape index (κ3) is 18.6. The maximum atomic E-state index is 14.2. The molecule has 11 nitrogen and oxygen atoms in total. The zero-order valence-electron chi connectivity index (χ0n) is 28.7. The van der Waals surface area contributed by atoms with Crippen LogP contribution in [0.1, 0.15) is 102 Å². The molecule has 1 saturated heterocycles. The highest BCUT2D eigenvalue weighted by Gasteiger charge is 2.47. The lowest BCUT2D eigenvalue weighted by atomic mass is 10.0. The fraction of sp³-hybridized carbons (Fsp3) is 0.676. The third-order valence-electron chi connectivity index (χ3n) is 7.97. The van der Waals surface area contributed by atoms with E-state index in [4.69, 9.17) is 83.8 Å². The van der Waals surface area contributed by atoms with Crippen LogP contribution in [0.25, 0.3) is 0 Å². The standard InChI is InChI=1S/C34H47Cl6N3O8/c1-2-3-4-5-6-7-8-9-10-11-12-13-17-20-27(44)28(29(45)42-26(22-49-31(42)47)21-25-18-15-14-16-19-25)43(32(48)51-24-34(38,39)40)41-30(46)50-23-33(35,36)37/h14-16,18-19,26,28H,2-13,17,20-24H2,1H3,(H,41,46)/t26-,28+/m0/s1. The van der Waals surface area contributed by atoms with Crippen molar-refractivity contribution in [3.8, 4) is 0 Å². The molecular formula is C34H47Cl6N3O8. The molecule has 1 N–H and O–H groups in total. The highest BCUT2D eigenvalue weighted by Crippen LogP contribution is 2.28. The number of amides is 4. The Bertz CT molecular complexity index is 1250. The summed E-state index contributed by atoms with van der Waals surface area (Å²) in [6.07, 6.45) is 10.0. The molecule has 1 aliphatic heterocycles. The fourth-order valence-corrected chi connectivity index (χ4v) is 5.78. The minimum Gasteiger partial charge on any atom is -0.447 e. The van der Waals surface area contributed by atoms with Gasteiger partial charge in [-0.25, -0.2) is 24.7 Å². The van der Waals surface area contributed by atoms with Gasteiger partial charge in [-0.2, -0.15) is 5.01 Å². The molecule has 0 unspecified atom stereocenters. The first-order chi connectivity index (χ1) is 24.1. The van der Waals surface area contributed by atoms with Crippen LogP contribution < -0.4 is 5.43 Å². The Morgan fingerprint density at radius 2 is 1.33 bits per heavy atom. The van der Waals surface area contributed by atoms with Crippen LogP contribution in [0.5, 0.6) is 0 Å². The Morgan fingerprint density at radius 1 is 0.824 bits per heavy atom. The maximum Gasteiger partial charge on any atom is 0.430 e. The number of carbonyl (C=O) groups is 5. The number of Topliss-reactive ketones (excluding diaryl/α,β-unsaturated/α-hetero) is 1. The number of hydrogen-bond acceptors (Lipinski definition) is 8. The second-order valence-electron chi connectivity index (χ2n) is 12.3. The summed E-state index contributed by atoms with van der Waals surface area (Å²) in [4.78, 5) is 67.9. The van der Waals surface area contributed by atoms with Crippen LogP contribution in [0.3, 0.4) is 0 Å². The minimum absolute atomic E-state index is 0.171. The molecule has 1 aromatic rings. The van der Waals surface area contributed by atoms with Gasteiger partial charge in [0.25, 0.3) is 5.91 Å². The average Bonchev–Trinajstić information content (AvgIpc) is 3.43. The van der Waals surface area contributed by atoms with Gasteiger partial charge in [-0.15, -0.1) is 0 Å². The SMILES string of the molecule is CCCCCCCCCCCCCCCC(=O)[C@H](C(=O)N1C(=O)OC[C@@H]1Cc1ccccc1)N(NC(=O)OCC(Cl)(Cl)Cl)C(=O)OCC(Cl)(Cl)Cl. The fourth-order valence-electron chi connectivity index (χ4n) is 5.45. The molecule has 17 heteroatoms. The van der Waals surface area contributed by atoms with Crippen molar-refractivity contribution in [3.05, 3.63) is 35.9 Å². The number of hydrogen-bond donors (Lipinski definition) is 1. The van der Waals surface area contributed by atoms with Crippen molar-refractivity contribution in [2.45, 2.75) is 123 Å². The molecule has 1 aromatic carbocycles. The van der Waals surface area contributed by atoms with E-state index in [0.29, 0.717) is 12.8 Å². The summed E-state index contributed by atoms with van der Waals surface area (Å²) in [6.45, 7) is 0.450. The first kappa shape index (κ1) is 45.3. The van der Waals surface area contributed by atoms with E-state index >= 15 is 0 Å². The highest BCUT2D eigenvalue weighted by atomic mass is 35.6. The second kappa shape index (κ2) is 23.7. The highest BCUT2D eigenvalue weighted by molar-refractivity contribution is 6.68. The average molecular weight is 838 g/mol. The van der Waals surface area contributed by atoms with E-state index in [1.165, 1.54) is 44.9 Å². The van der Waals surface area contributed by atoms with Crippen LogP contribution in [0.2, 0.25) is 0 Å². The molecule has 51 heavy (non-hydrogen) atoms. The first-order valence-corrected chi connectivity index (χ1v) is 19.5. The van der Waals surface area contributed by atoms with Crippen molar-refractivity contribution < 1.29 is 38.2 Å². The van der Waals surface area contributed by atoms with Gasteiger partial charge in [-0.3, -0.25) is 9.59 Å². The van der Waals surface area contributed by atoms with Gasteiger partial charge in [0.2, 0.25) is 7.59 Å². The Balaban J connectivity index is 2.21. The van der Waals surface area contributed by atoms with Crippen molar-refractivity contribution in [2.24, 2.45) is 0 Å². The summed E-state index contributed by atoms with van der Waals surface area (Å²) in [6, 6.07) is 6.04. The summed E-state index contributed by atoms with van der Waals surface area (Å²) in [7, 11) is 0. The molecule has 0 saturated carbocycles. The van der Waals surface area contributed by atoms with E-state index in [1.54, 1.807) is 24.3 Å². The number of ketones is 1. The second-order valence-corrected chi connectivity index (χ2v) is 17.4. The lowest BCUT2D eigenvalue weighted by Crippen LogP contribution is -2.62. The number of carbonyl (C=O) groups excluding carboxylic acids is 5. The molecule has 4 amide bonds. The van der Waals surface area contributed by atoms with Gasteiger partial charge >= 0.3 is 18.3 Å². The molecule has 0 bridgehead atoms. The van der Waals surface area contributed by atoms with Crippen molar-refractivity contribution in [1.29, 1.82) is 0 Å². The van der Waals surface area contributed by atoms with Gasteiger partial charge < -0.3 is 14.2 Å². The predicted octanol–water partition coefficient (Wildman–Crippen LogP) is 9.82. The number of nitrogens with one attached hydrogen (secondary N) is 1. The van der Waals surface area contributed by atoms with E-state index in [1.807, 2.05) is 11.5 Å². The molecule has 2 rings (SSSR count). The zero-order valence-corrected chi connectivity index (χ0v) is 33.2. The van der Waals surface area contributed by atoms with E-state index in [-0.39, 0.29) is 24.5 Å². The van der Waals surface area contributed by atoms with E-state index < -0.39 is 62.9 Å². The van der Waals surface area contributed by atoms with Crippen molar-refractivity contribution >= 4 is 99.6 Å². The number of rotatable bonds is 21. The topological polar surface area (TPSA) is 132 Å². The van der Waals surface area contributed by atoms with Gasteiger partial charge in [0, 0.05) is 6.42 Å². The van der Waals surface area contributed by atoms with E-state index in [0.717, 1.165) is 36.1 Å².